The molecule has 6 heteroatoms. The number of anilines is 1. The number of hydrogen-bond donors (Lipinski definition) is 3. The van der Waals surface area contributed by atoms with Gasteiger partial charge in [0.2, 0.25) is 5.91 Å². The number of phenols is 1. The number of benzene rings is 2. The molecule has 0 unspecified atom stereocenters. The number of hydrogen-bond acceptors (Lipinski definition) is 4. The summed E-state index contributed by atoms with van der Waals surface area (Å²) in [5.41, 5.74) is 2.51. The van der Waals surface area contributed by atoms with E-state index in [-0.39, 0.29) is 10.9 Å². The van der Waals surface area contributed by atoms with Crippen LogP contribution < -0.4 is 10.6 Å². The van der Waals surface area contributed by atoms with Crippen molar-refractivity contribution in [3.63, 3.8) is 0 Å². The third-order valence-electron chi connectivity index (χ3n) is 4.77. The van der Waals surface area contributed by atoms with Crippen molar-refractivity contribution < 1.29 is 14.3 Å². The second-order valence-corrected chi connectivity index (χ2v) is 7.34. The minimum absolute atomic E-state index is 0.0678. The molecule has 3 N–H and O–H groups in total. The van der Waals surface area contributed by atoms with Gasteiger partial charge in [-0.05, 0) is 60.5 Å². The van der Waals surface area contributed by atoms with E-state index in [1.807, 2.05) is 48.5 Å². The first-order chi connectivity index (χ1) is 14.5. The summed E-state index contributed by atoms with van der Waals surface area (Å²) in [7, 11) is 0. The topological polar surface area (TPSA) is 74.5 Å². The summed E-state index contributed by atoms with van der Waals surface area (Å²) < 4.78 is 5.73. The van der Waals surface area contributed by atoms with E-state index in [9.17, 15) is 9.90 Å². The van der Waals surface area contributed by atoms with Gasteiger partial charge in [-0.1, -0.05) is 50.2 Å². The van der Waals surface area contributed by atoms with Gasteiger partial charge in [0.15, 0.2) is 5.11 Å². The van der Waals surface area contributed by atoms with Gasteiger partial charge in [-0.3, -0.25) is 10.1 Å². The average molecular weight is 421 g/mol. The predicted octanol–water partition coefficient (Wildman–Crippen LogP) is 5.69. The monoisotopic (exact) mass is 420 g/mol. The number of rotatable bonds is 6. The van der Waals surface area contributed by atoms with Gasteiger partial charge in [0, 0.05) is 11.6 Å². The molecular weight excluding hydrogens is 396 g/mol. The van der Waals surface area contributed by atoms with Crippen molar-refractivity contribution in [1.82, 2.24) is 5.32 Å². The molecule has 2 aromatic carbocycles. The van der Waals surface area contributed by atoms with E-state index in [2.05, 4.69) is 24.5 Å². The smallest absolute Gasteiger partial charge is 0.250 e. The van der Waals surface area contributed by atoms with Crippen molar-refractivity contribution in [3.8, 4) is 17.1 Å². The van der Waals surface area contributed by atoms with E-state index in [1.165, 1.54) is 6.08 Å². The van der Waals surface area contributed by atoms with E-state index in [4.69, 9.17) is 16.6 Å². The van der Waals surface area contributed by atoms with Crippen LogP contribution in [0.1, 0.15) is 37.5 Å². The summed E-state index contributed by atoms with van der Waals surface area (Å²) in [5.74, 6) is 1.30. The minimum Gasteiger partial charge on any atom is -0.506 e. The number of amides is 1. The Kier molecular flexibility index (Phi) is 7.03. The molecule has 154 valence electrons. The Morgan fingerprint density at radius 3 is 2.67 bits per heavy atom. The largest absolute Gasteiger partial charge is 0.506 e. The third-order valence-corrected chi connectivity index (χ3v) is 4.98. The number of thiocarbonyl (C=S) groups is 1. The molecule has 0 radical (unpaired) electrons. The molecule has 0 saturated heterocycles. The van der Waals surface area contributed by atoms with Crippen molar-refractivity contribution in [2.24, 2.45) is 0 Å². The fourth-order valence-corrected chi connectivity index (χ4v) is 3.07. The van der Waals surface area contributed by atoms with Gasteiger partial charge >= 0.3 is 0 Å². The van der Waals surface area contributed by atoms with Crippen LogP contribution in [0.15, 0.2) is 71.2 Å². The first kappa shape index (κ1) is 21.3. The van der Waals surface area contributed by atoms with Crippen molar-refractivity contribution in [3.05, 3.63) is 78.1 Å². The quantitative estimate of drug-likeness (QED) is 0.271. The predicted molar refractivity (Wildman–Crippen MR) is 124 cm³/mol. The minimum atomic E-state index is -0.400. The second kappa shape index (κ2) is 9.89. The number of aromatic hydroxyl groups is 1. The maximum Gasteiger partial charge on any atom is 0.250 e. The number of phenolic OH excluding ortho intramolecular Hbond substituents is 1. The third kappa shape index (κ3) is 5.58. The Hall–Kier alpha value is -3.38. The summed E-state index contributed by atoms with van der Waals surface area (Å²) in [6, 6.07) is 18.7. The first-order valence-electron chi connectivity index (χ1n) is 9.74. The Bertz CT molecular complexity index is 1060. The van der Waals surface area contributed by atoms with E-state index >= 15 is 0 Å². The SMILES string of the molecule is CC[C@@H](C)c1ccc(O)c(NC(=S)NC(=O)/C=C/c2ccc(-c3ccccc3)o2)c1. The van der Waals surface area contributed by atoms with E-state index in [1.54, 1.807) is 18.2 Å². The van der Waals surface area contributed by atoms with Gasteiger partial charge in [0.1, 0.15) is 17.3 Å². The number of furan rings is 1. The standard InChI is InChI=1S/C24H24N2O3S/c1-3-16(2)18-9-12-21(27)20(15-18)25-24(30)26-23(28)14-11-19-10-13-22(29-19)17-7-5-4-6-8-17/h4-16,27H,3H2,1-2H3,(H2,25,26,28,30)/b14-11+/t16-/m1/s1. The van der Waals surface area contributed by atoms with Crippen LogP contribution in [-0.4, -0.2) is 16.1 Å². The molecule has 0 aliphatic carbocycles. The lowest BCUT2D eigenvalue weighted by atomic mass is 9.98. The summed E-state index contributed by atoms with van der Waals surface area (Å²) in [6.45, 7) is 4.21. The van der Waals surface area contributed by atoms with Crippen LogP contribution in [-0.2, 0) is 4.79 Å². The normalized spacial score (nSPS) is 11.9. The Labute approximate surface area is 181 Å². The Balaban J connectivity index is 1.59. The fourth-order valence-electron chi connectivity index (χ4n) is 2.86. The summed E-state index contributed by atoms with van der Waals surface area (Å²) in [5, 5.41) is 15.6. The highest BCUT2D eigenvalue weighted by Gasteiger charge is 2.10. The number of nitrogens with one attached hydrogen (secondary N) is 2. The zero-order chi connectivity index (χ0) is 21.5. The van der Waals surface area contributed by atoms with E-state index in [0.29, 0.717) is 17.4 Å². The lowest BCUT2D eigenvalue weighted by Gasteiger charge is -2.14. The average Bonchev–Trinajstić information content (AvgIpc) is 3.23. The van der Waals surface area contributed by atoms with Gasteiger partial charge in [-0.2, -0.15) is 0 Å². The highest BCUT2D eigenvalue weighted by Crippen LogP contribution is 2.29. The molecule has 1 heterocycles. The van der Waals surface area contributed by atoms with Crippen LogP contribution in [0, 0.1) is 0 Å². The highest BCUT2D eigenvalue weighted by molar-refractivity contribution is 7.80. The summed E-state index contributed by atoms with van der Waals surface area (Å²) >= 11 is 5.20. The van der Waals surface area contributed by atoms with Gasteiger partial charge in [-0.15, -0.1) is 0 Å². The molecule has 1 aromatic heterocycles. The molecule has 1 atom stereocenters. The zero-order valence-electron chi connectivity index (χ0n) is 16.9. The fraction of sp³-hybridized carbons (Fsp3) is 0.167. The molecule has 0 aliphatic rings. The molecule has 0 fully saturated rings. The van der Waals surface area contributed by atoms with E-state index in [0.717, 1.165) is 23.3 Å². The molecule has 30 heavy (non-hydrogen) atoms. The molecular formula is C24H24N2O3S. The molecule has 3 aromatic rings. The first-order valence-corrected chi connectivity index (χ1v) is 10.1. The van der Waals surface area contributed by atoms with Crippen LogP contribution in [0.3, 0.4) is 0 Å². The van der Waals surface area contributed by atoms with Gasteiger partial charge < -0.3 is 14.8 Å². The van der Waals surface area contributed by atoms with Crippen molar-refractivity contribution in [1.29, 1.82) is 0 Å². The van der Waals surface area contributed by atoms with Crippen LogP contribution in [0.5, 0.6) is 5.75 Å². The van der Waals surface area contributed by atoms with Crippen molar-refractivity contribution in [2.75, 3.05) is 5.32 Å². The van der Waals surface area contributed by atoms with E-state index < -0.39 is 5.91 Å². The highest BCUT2D eigenvalue weighted by atomic mass is 32.1. The molecule has 5 nitrogen and oxygen atoms in total. The van der Waals surface area contributed by atoms with Gasteiger partial charge in [-0.25, -0.2) is 0 Å². The van der Waals surface area contributed by atoms with Crippen LogP contribution >= 0.6 is 12.2 Å². The molecule has 0 saturated carbocycles. The molecule has 1 amide bonds. The maximum absolute atomic E-state index is 12.2. The van der Waals surface area contributed by atoms with Crippen LogP contribution in [0.2, 0.25) is 0 Å². The van der Waals surface area contributed by atoms with Crippen molar-refractivity contribution in [2.45, 2.75) is 26.2 Å². The lowest BCUT2D eigenvalue weighted by Crippen LogP contribution is -2.32. The number of carbonyl (C=O) groups is 1. The second-order valence-electron chi connectivity index (χ2n) is 6.93. The summed E-state index contributed by atoms with van der Waals surface area (Å²) in [4.78, 5) is 12.2. The maximum atomic E-state index is 12.2. The zero-order valence-corrected chi connectivity index (χ0v) is 17.7. The number of carbonyl (C=O) groups excluding carboxylic acids is 1. The molecule has 0 spiro atoms. The lowest BCUT2D eigenvalue weighted by molar-refractivity contribution is -0.115. The Morgan fingerprint density at radius 2 is 1.93 bits per heavy atom. The van der Waals surface area contributed by atoms with Crippen LogP contribution in [0.25, 0.3) is 17.4 Å². The van der Waals surface area contributed by atoms with Gasteiger partial charge in [0.25, 0.3) is 0 Å². The Morgan fingerprint density at radius 1 is 1.17 bits per heavy atom. The molecule has 3 rings (SSSR count). The van der Waals surface area contributed by atoms with Crippen LogP contribution in [0.4, 0.5) is 5.69 Å². The van der Waals surface area contributed by atoms with Gasteiger partial charge in [0.05, 0.1) is 5.69 Å². The summed E-state index contributed by atoms with van der Waals surface area (Å²) in [6.07, 6.45) is 3.90. The molecule has 0 aliphatic heterocycles. The molecule has 0 bridgehead atoms. The van der Waals surface area contributed by atoms with Crippen molar-refractivity contribution >= 4 is 35.0 Å².